The third kappa shape index (κ3) is 6.95. The third-order valence-electron chi connectivity index (χ3n) is 7.61. The maximum absolute atomic E-state index is 14.2. The average molecular weight is 824 g/mol. The number of aromatic nitrogens is 1. The predicted octanol–water partition coefficient (Wildman–Crippen LogP) is 7.68. The average Bonchev–Trinajstić information content (AvgIpc) is 3.33. The highest BCUT2D eigenvalue weighted by atomic mass is 127. The number of benzene rings is 4. The molecule has 2 heterocycles. The van der Waals surface area contributed by atoms with Crippen molar-refractivity contribution in [2.24, 2.45) is 4.99 Å². The smallest absolute Gasteiger partial charge is 0.338 e. The van der Waals surface area contributed by atoms with E-state index < -0.39 is 12.0 Å². The van der Waals surface area contributed by atoms with Crippen molar-refractivity contribution in [3.63, 3.8) is 0 Å². The minimum atomic E-state index is -0.764. The van der Waals surface area contributed by atoms with Gasteiger partial charge in [0.1, 0.15) is 24.1 Å². The van der Waals surface area contributed by atoms with Crippen LogP contribution in [-0.2, 0) is 16.1 Å². The number of hydrogen-bond donors (Lipinski definition) is 0. The highest BCUT2D eigenvalue weighted by molar-refractivity contribution is 14.1. The summed E-state index contributed by atoms with van der Waals surface area (Å²) in [5.41, 5.74) is 3.16. The van der Waals surface area contributed by atoms with Gasteiger partial charge in [-0.05, 0) is 118 Å². The second-order valence-corrected chi connectivity index (χ2v) is 14.3. The Balaban J connectivity index is 1.38. The fourth-order valence-corrected chi connectivity index (χ4v) is 8.41. The number of ether oxygens (including phenoxy) is 3. The molecule has 7 nitrogen and oxygen atoms in total. The number of hydrogen-bond acceptors (Lipinski definition) is 7. The quantitative estimate of drug-likeness (QED) is 0.113. The van der Waals surface area contributed by atoms with Gasteiger partial charge in [0.25, 0.3) is 5.56 Å². The van der Waals surface area contributed by atoms with Crippen molar-refractivity contribution < 1.29 is 19.0 Å². The Morgan fingerprint density at radius 1 is 1.06 bits per heavy atom. The molecule has 1 aliphatic rings. The highest BCUT2D eigenvalue weighted by Gasteiger charge is 2.35. The molecule has 0 bridgehead atoms. The minimum Gasteiger partial charge on any atom is -0.491 e. The van der Waals surface area contributed by atoms with Crippen LogP contribution in [0.5, 0.6) is 11.5 Å². The van der Waals surface area contributed by atoms with Crippen LogP contribution in [0, 0.1) is 3.57 Å². The molecule has 0 amide bonds. The van der Waals surface area contributed by atoms with Crippen molar-refractivity contribution in [2.45, 2.75) is 46.4 Å². The van der Waals surface area contributed by atoms with Crippen molar-refractivity contribution in [1.29, 1.82) is 0 Å². The largest absolute Gasteiger partial charge is 0.491 e. The van der Waals surface area contributed by atoms with Crippen LogP contribution < -0.4 is 24.4 Å². The van der Waals surface area contributed by atoms with Crippen molar-refractivity contribution in [3.8, 4) is 11.5 Å². The first-order valence-corrected chi connectivity index (χ1v) is 17.9. The zero-order chi connectivity index (χ0) is 33.2. The number of para-hydroxylation sites is 1. The highest BCUT2D eigenvalue weighted by Crippen LogP contribution is 2.37. The number of allylic oxidation sites excluding steroid dienone is 1. The van der Waals surface area contributed by atoms with Crippen molar-refractivity contribution in [3.05, 3.63) is 135 Å². The molecular weight excluding hydrogens is 791 g/mol. The zero-order valence-corrected chi connectivity index (χ0v) is 30.8. The van der Waals surface area contributed by atoms with E-state index in [0.29, 0.717) is 38.5 Å². The summed E-state index contributed by atoms with van der Waals surface area (Å²) < 4.78 is 21.6. The molecule has 0 fully saturated rings. The van der Waals surface area contributed by atoms with Crippen LogP contribution in [0.4, 0.5) is 0 Å². The van der Waals surface area contributed by atoms with Gasteiger partial charge in [0.2, 0.25) is 0 Å². The Kier molecular flexibility index (Phi) is 10.00. The normalized spacial score (nSPS) is 14.7. The number of fused-ring (bicyclic) bond motifs is 2. The molecule has 0 N–H and O–H groups in total. The zero-order valence-electron chi connectivity index (χ0n) is 26.3. The standard InChI is InChI=1S/C37H32BrIN2O5S/c1-5-44-36(43)32-22(4)40-37-41(33(32)27-12-8-9-13-30(27)46-21(2)3)35(42)31(47-37)19-24-17-28(38)34(29(39)18-24)45-20-23-14-15-25-10-6-7-11-26(25)16-23/h6-19,21,33H,5,20H2,1-4H3/b31-19+/t33-/m0/s1. The number of thiazole rings is 1. The van der Waals surface area contributed by atoms with Gasteiger partial charge < -0.3 is 14.2 Å². The monoisotopic (exact) mass is 822 g/mol. The third-order valence-corrected chi connectivity index (χ3v) is 9.98. The van der Waals surface area contributed by atoms with E-state index in [1.165, 1.54) is 22.1 Å². The molecule has 5 aromatic rings. The SMILES string of the molecule is CCOC(=O)C1=C(C)N=c2s/c(=C/c3cc(Br)c(OCc4ccc5ccccc5c4)c(I)c3)c(=O)n2[C@H]1c1ccccc1OC(C)C. The van der Waals surface area contributed by atoms with Gasteiger partial charge in [-0.1, -0.05) is 65.9 Å². The lowest BCUT2D eigenvalue weighted by atomic mass is 9.95. The maximum Gasteiger partial charge on any atom is 0.338 e. The number of carbonyl (C=O) groups excluding carboxylic acids is 1. The summed E-state index contributed by atoms with van der Waals surface area (Å²) in [6.45, 7) is 8.03. The number of halogens is 2. The molecule has 0 radical (unpaired) electrons. The summed E-state index contributed by atoms with van der Waals surface area (Å²) >= 11 is 7.23. The van der Waals surface area contributed by atoms with Gasteiger partial charge in [0, 0.05) is 5.56 Å². The van der Waals surface area contributed by atoms with Crippen LogP contribution in [0.1, 0.15) is 50.4 Å². The Bertz CT molecular complexity index is 2200. The summed E-state index contributed by atoms with van der Waals surface area (Å²) in [5, 5.41) is 2.36. The van der Waals surface area contributed by atoms with Crippen LogP contribution in [0.25, 0.3) is 16.8 Å². The van der Waals surface area contributed by atoms with Crippen LogP contribution in [0.2, 0.25) is 0 Å². The summed E-state index contributed by atoms with van der Waals surface area (Å²) in [7, 11) is 0. The van der Waals surface area contributed by atoms with E-state index in [-0.39, 0.29) is 18.3 Å². The molecule has 1 atom stereocenters. The molecule has 10 heteroatoms. The molecule has 6 rings (SSSR count). The fraction of sp³-hybridized carbons (Fsp3) is 0.216. The van der Waals surface area contributed by atoms with Crippen LogP contribution >= 0.6 is 49.9 Å². The molecule has 240 valence electrons. The van der Waals surface area contributed by atoms with Crippen LogP contribution in [-0.4, -0.2) is 23.2 Å². The van der Waals surface area contributed by atoms with E-state index in [0.717, 1.165) is 24.9 Å². The lowest BCUT2D eigenvalue weighted by molar-refractivity contribution is -0.139. The van der Waals surface area contributed by atoms with E-state index in [9.17, 15) is 9.59 Å². The van der Waals surface area contributed by atoms with Gasteiger partial charge >= 0.3 is 5.97 Å². The second kappa shape index (κ2) is 14.2. The molecule has 0 unspecified atom stereocenters. The summed E-state index contributed by atoms with van der Waals surface area (Å²) in [6, 6.07) is 25.2. The van der Waals surface area contributed by atoms with Gasteiger partial charge in [-0.2, -0.15) is 0 Å². The van der Waals surface area contributed by atoms with Gasteiger partial charge in [-0.25, -0.2) is 9.79 Å². The number of rotatable bonds is 9. The first-order valence-electron chi connectivity index (χ1n) is 15.2. The lowest BCUT2D eigenvalue weighted by Crippen LogP contribution is -2.40. The number of esters is 1. The van der Waals surface area contributed by atoms with Crippen molar-refractivity contribution >= 4 is 72.7 Å². The molecule has 1 aliphatic heterocycles. The summed E-state index contributed by atoms with van der Waals surface area (Å²) in [5.74, 6) is 0.815. The maximum atomic E-state index is 14.2. The minimum absolute atomic E-state index is 0.108. The van der Waals surface area contributed by atoms with Gasteiger partial charge in [-0.15, -0.1) is 0 Å². The van der Waals surface area contributed by atoms with E-state index in [2.05, 4.69) is 68.9 Å². The predicted molar refractivity (Wildman–Crippen MR) is 198 cm³/mol. The molecular formula is C37H32BrIN2O5S. The topological polar surface area (TPSA) is 79.1 Å². The Morgan fingerprint density at radius 2 is 1.81 bits per heavy atom. The fourth-order valence-electron chi connectivity index (χ4n) is 5.59. The second-order valence-electron chi connectivity index (χ2n) is 11.3. The summed E-state index contributed by atoms with van der Waals surface area (Å²) in [6.07, 6.45) is 1.74. The molecule has 0 saturated carbocycles. The van der Waals surface area contributed by atoms with E-state index in [1.807, 2.05) is 68.5 Å². The molecule has 0 saturated heterocycles. The lowest BCUT2D eigenvalue weighted by Gasteiger charge is -2.26. The van der Waals surface area contributed by atoms with E-state index in [4.69, 9.17) is 19.2 Å². The number of carbonyl (C=O) groups is 1. The Labute approximate surface area is 298 Å². The molecule has 47 heavy (non-hydrogen) atoms. The van der Waals surface area contributed by atoms with Crippen molar-refractivity contribution in [1.82, 2.24) is 4.57 Å². The van der Waals surface area contributed by atoms with Crippen LogP contribution in [0.15, 0.2) is 104 Å². The van der Waals surface area contributed by atoms with Gasteiger partial charge in [0.15, 0.2) is 4.80 Å². The first-order chi connectivity index (χ1) is 22.6. The van der Waals surface area contributed by atoms with Crippen molar-refractivity contribution in [2.75, 3.05) is 6.61 Å². The molecule has 0 aliphatic carbocycles. The molecule has 4 aromatic carbocycles. The Hall–Kier alpha value is -3.74. The molecule has 0 spiro atoms. The Morgan fingerprint density at radius 3 is 2.55 bits per heavy atom. The first kappa shape index (κ1) is 33.2. The van der Waals surface area contributed by atoms with E-state index >= 15 is 0 Å². The summed E-state index contributed by atoms with van der Waals surface area (Å²) in [4.78, 5) is 32.7. The van der Waals surface area contributed by atoms with E-state index in [1.54, 1.807) is 18.4 Å². The van der Waals surface area contributed by atoms with Crippen LogP contribution in [0.3, 0.4) is 0 Å². The van der Waals surface area contributed by atoms with Gasteiger partial charge in [0.05, 0.1) is 36.6 Å². The molecule has 1 aromatic heterocycles. The number of nitrogens with zero attached hydrogens (tertiary/aromatic N) is 2. The van der Waals surface area contributed by atoms with Gasteiger partial charge in [-0.3, -0.25) is 9.36 Å².